The van der Waals surface area contributed by atoms with E-state index in [2.05, 4.69) is 41.0 Å². The second-order valence-electron chi connectivity index (χ2n) is 5.61. The predicted octanol–water partition coefficient (Wildman–Crippen LogP) is 3.20. The summed E-state index contributed by atoms with van der Waals surface area (Å²) < 4.78 is 0. The number of phenolic OH excluding ortho intramolecular Hbond substituents is 1. The van der Waals surface area contributed by atoms with Crippen molar-refractivity contribution in [1.82, 2.24) is 4.90 Å². The summed E-state index contributed by atoms with van der Waals surface area (Å²) in [6.07, 6.45) is 0. The lowest BCUT2D eigenvalue weighted by Gasteiger charge is -2.38. The average Bonchev–Trinajstić information content (AvgIpc) is 2.56. The van der Waals surface area contributed by atoms with Crippen LogP contribution in [0.25, 0.3) is 0 Å². The highest BCUT2D eigenvalue weighted by atomic mass is 32.1. The Kier molecular flexibility index (Phi) is 4.29. The highest BCUT2D eigenvalue weighted by Gasteiger charge is 2.20. The average molecular weight is 312 g/mol. The number of nitrogens with zero attached hydrogens (tertiary/aromatic N) is 2. The van der Waals surface area contributed by atoms with Crippen LogP contribution in [0.3, 0.4) is 0 Å². The lowest BCUT2D eigenvalue weighted by molar-refractivity contribution is 0.392. The first-order valence-corrected chi connectivity index (χ1v) is 7.95. The van der Waals surface area contributed by atoms with Gasteiger partial charge < -0.3 is 14.9 Å². The Hall–Kier alpha value is -2.07. The van der Waals surface area contributed by atoms with E-state index in [1.807, 2.05) is 12.1 Å². The van der Waals surface area contributed by atoms with Gasteiger partial charge in [0.25, 0.3) is 0 Å². The third-order valence-electron chi connectivity index (χ3n) is 4.14. The quantitative estimate of drug-likeness (QED) is 0.862. The molecule has 2 aromatic rings. The number of anilines is 1. The molecule has 2 aromatic carbocycles. The van der Waals surface area contributed by atoms with Crippen molar-refractivity contribution in [2.45, 2.75) is 6.92 Å². The number of hydrogen-bond acceptors (Lipinski definition) is 3. The Balaban J connectivity index is 1.65. The number of aryl methyl sites for hydroxylation is 1. The minimum Gasteiger partial charge on any atom is -0.508 e. The van der Waals surface area contributed by atoms with Crippen LogP contribution in [0.15, 0.2) is 48.5 Å². The minimum atomic E-state index is 0.274. The van der Waals surface area contributed by atoms with Crippen molar-refractivity contribution in [2.24, 2.45) is 0 Å². The van der Waals surface area contributed by atoms with Crippen molar-refractivity contribution in [1.29, 1.82) is 0 Å². The smallest absolute Gasteiger partial charge is 0.115 e. The van der Waals surface area contributed by atoms with E-state index in [9.17, 15) is 5.11 Å². The fourth-order valence-electron chi connectivity index (χ4n) is 2.86. The summed E-state index contributed by atoms with van der Waals surface area (Å²) >= 11 is 5.59. The van der Waals surface area contributed by atoms with Crippen LogP contribution < -0.4 is 4.90 Å². The lowest BCUT2D eigenvalue weighted by atomic mass is 10.1. The minimum absolute atomic E-state index is 0.274. The molecule has 114 valence electrons. The molecule has 4 heteroatoms. The third kappa shape index (κ3) is 3.07. The SMILES string of the molecule is Cc1ccccc1N1CCN(C(=S)c2ccc(O)cc2)CC1. The van der Waals surface area contributed by atoms with Gasteiger partial charge in [-0.25, -0.2) is 0 Å². The summed E-state index contributed by atoms with van der Waals surface area (Å²) in [4.78, 5) is 5.53. The zero-order valence-electron chi connectivity index (χ0n) is 12.7. The van der Waals surface area contributed by atoms with Crippen molar-refractivity contribution in [3.05, 3.63) is 59.7 Å². The molecule has 1 aliphatic heterocycles. The van der Waals surface area contributed by atoms with E-state index in [1.54, 1.807) is 12.1 Å². The molecule has 1 fully saturated rings. The maximum absolute atomic E-state index is 9.37. The molecule has 0 spiro atoms. The molecule has 0 unspecified atom stereocenters. The molecule has 3 nitrogen and oxygen atoms in total. The maximum Gasteiger partial charge on any atom is 0.115 e. The van der Waals surface area contributed by atoms with Crippen molar-refractivity contribution in [2.75, 3.05) is 31.1 Å². The summed E-state index contributed by atoms with van der Waals surface area (Å²) in [5.74, 6) is 0.274. The first kappa shape index (κ1) is 14.9. The largest absolute Gasteiger partial charge is 0.508 e. The van der Waals surface area contributed by atoms with E-state index >= 15 is 0 Å². The van der Waals surface area contributed by atoms with Crippen molar-refractivity contribution < 1.29 is 5.11 Å². The molecule has 0 aliphatic carbocycles. The van der Waals surface area contributed by atoms with E-state index < -0.39 is 0 Å². The molecule has 0 amide bonds. The molecule has 0 radical (unpaired) electrons. The molecule has 0 atom stereocenters. The zero-order valence-corrected chi connectivity index (χ0v) is 13.5. The standard InChI is InChI=1S/C18H20N2OS/c1-14-4-2-3-5-17(14)19-10-12-20(13-11-19)18(22)15-6-8-16(21)9-7-15/h2-9,21H,10-13H2,1H3. The highest BCUT2D eigenvalue weighted by molar-refractivity contribution is 7.80. The Labute approximate surface area is 136 Å². The molecule has 1 aliphatic rings. The zero-order chi connectivity index (χ0) is 15.5. The molecule has 1 saturated heterocycles. The number of thiocarbonyl (C=S) groups is 1. The fraction of sp³-hybridized carbons (Fsp3) is 0.278. The van der Waals surface area contributed by atoms with Crippen LogP contribution in [0.4, 0.5) is 5.69 Å². The molecule has 0 aromatic heterocycles. The third-order valence-corrected chi connectivity index (χ3v) is 4.63. The number of phenols is 1. The van der Waals surface area contributed by atoms with Gasteiger partial charge in [0.15, 0.2) is 0 Å². The van der Waals surface area contributed by atoms with Crippen LogP contribution in [0, 0.1) is 6.92 Å². The van der Waals surface area contributed by atoms with Crippen LogP contribution >= 0.6 is 12.2 Å². The Morgan fingerprint density at radius 2 is 1.59 bits per heavy atom. The molecular weight excluding hydrogens is 292 g/mol. The summed E-state index contributed by atoms with van der Waals surface area (Å²) in [6, 6.07) is 15.6. The molecule has 22 heavy (non-hydrogen) atoms. The Morgan fingerprint density at radius 3 is 2.23 bits per heavy atom. The van der Waals surface area contributed by atoms with E-state index in [-0.39, 0.29) is 5.75 Å². The second-order valence-corrected chi connectivity index (χ2v) is 6.00. The molecule has 3 rings (SSSR count). The number of piperazine rings is 1. The van der Waals surface area contributed by atoms with Gasteiger partial charge in [0.05, 0.1) is 0 Å². The first-order chi connectivity index (χ1) is 10.6. The van der Waals surface area contributed by atoms with Gasteiger partial charge in [0, 0.05) is 37.4 Å². The van der Waals surface area contributed by atoms with E-state index in [1.165, 1.54) is 11.3 Å². The lowest BCUT2D eigenvalue weighted by Crippen LogP contribution is -2.48. The fourth-order valence-corrected chi connectivity index (χ4v) is 3.17. The number of para-hydroxylation sites is 1. The van der Waals surface area contributed by atoms with Gasteiger partial charge >= 0.3 is 0 Å². The summed E-state index contributed by atoms with van der Waals surface area (Å²) in [6.45, 7) is 5.96. The summed E-state index contributed by atoms with van der Waals surface area (Å²) in [7, 11) is 0. The van der Waals surface area contributed by atoms with E-state index in [0.29, 0.717) is 0 Å². The van der Waals surface area contributed by atoms with Crippen LogP contribution in [-0.2, 0) is 0 Å². The summed E-state index contributed by atoms with van der Waals surface area (Å²) in [5.41, 5.74) is 3.63. The predicted molar refractivity (Wildman–Crippen MR) is 94.8 cm³/mol. The second kappa shape index (κ2) is 6.36. The Morgan fingerprint density at radius 1 is 0.955 bits per heavy atom. The van der Waals surface area contributed by atoms with E-state index in [0.717, 1.165) is 36.7 Å². The normalized spacial score (nSPS) is 15.0. The molecular formula is C18H20N2OS. The highest BCUT2D eigenvalue weighted by Crippen LogP contribution is 2.21. The molecule has 1 heterocycles. The van der Waals surface area contributed by atoms with E-state index in [4.69, 9.17) is 12.2 Å². The van der Waals surface area contributed by atoms with Gasteiger partial charge in [-0.2, -0.15) is 0 Å². The van der Waals surface area contributed by atoms with Crippen LogP contribution in [0.5, 0.6) is 5.75 Å². The first-order valence-electron chi connectivity index (χ1n) is 7.54. The molecule has 0 bridgehead atoms. The Bertz CT molecular complexity index is 661. The van der Waals surface area contributed by atoms with Gasteiger partial charge in [-0.3, -0.25) is 0 Å². The van der Waals surface area contributed by atoms with Crippen molar-refractivity contribution in [3.63, 3.8) is 0 Å². The van der Waals surface area contributed by atoms with Crippen LogP contribution in [-0.4, -0.2) is 41.2 Å². The van der Waals surface area contributed by atoms with Crippen molar-refractivity contribution >= 4 is 22.9 Å². The number of benzene rings is 2. The van der Waals surface area contributed by atoms with Gasteiger partial charge in [0.2, 0.25) is 0 Å². The van der Waals surface area contributed by atoms with Crippen LogP contribution in [0.2, 0.25) is 0 Å². The summed E-state index contributed by atoms with van der Waals surface area (Å²) in [5, 5.41) is 9.37. The van der Waals surface area contributed by atoms with Gasteiger partial charge in [-0.05, 0) is 42.8 Å². The maximum atomic E-state index is 9.37. The number of rotatable bonds is 2. The van der Waals surface area contributed by atoms with Gasteiger partial charge in [-0.1, -0.05) is 30.4 Å². The van der Waals surface area contributed by atoms with Gasteiger partial charge in [-0.15, -0.1) is 0 Å². The number of aromatic hydroxyl groups is 1. The monoisotopic (exact) mass is 312 g/mol. The molecule has 0 saturated carbocycles. The molecule has 1 N–H and O–H groups in total. The van der Waals surface area contributed by atoms with Crippen molar-refractivity contribution in [3.8, 4) is 5.75 Å². The van der Waals surface area contributed by atoms with Gasteiger partial charge in [0.1, 0.15) is 10.7 Å². The van der Waals surface area contributed by atoms with Crippen LogP contribution in [0.1, 0.15) is 11.1 Å². The number of hydrogen-bond donors (Lipinski definition) is 1. The topological polar surface area (TPSA) is 26.7 Å².